The van der Waals surface area contributed by atoms with Crippen molar-refractivity contribution in [2.45, 2.75) is 44.7 Å². The second-order valence-corrected chi connectivity index (χ2v) is 6.69. The Labute approximate surface area is 91.9 Å². The van der Waals surface area contributed by atoms with Crippen LogP contribution in [0, 0.1) is 5.92 Å². The van der Waals surface area contributed by atoms with Crippen LogP contribution in [0.1, 0.15) is 32.6 Å². The third kappa shape index (κ3) is 2.92. The highest BCUT2D eigenvalue weighted by Gasteiger charge is 2.35. The first-order valence-corrected chi connectivity index (χ1v) is 7.47. The van der Waals surface area contributed by atoms with Crippen LogP contribution >= 0.6 is 0 Å². The molecule has 2 bridgehead atoms. The van der Waals surface area contributed by atoms with Gasteiger partial charge in [0, 0.05) is 12.1 Å². The molecule has 0 aromatic carbocycles. The molecule has 5 heteroatoms. The lowest BCUT2D eigenvalue weighted by Gasteiger charge is -2.27. The van der Waals surface area contributed by atoms with E-state index in [-0.39, 0.29) is 11.8 Å². The number of nitrogens with one attached hydrogen (secondary N) is 2. The topological polar surface area (TPSA) is 58.2 Å². The summed E-state index contributed by atoms with van der Waals surface area (Å²) in [5.74, 6) is 0.935. The average Bonchev–Trinajstić information content (AvgIpc) is 2.44. The Morgan fingerprint density at radius 2 is 2.13 bits per heavy atom. The van der Waals surface area contributed by atoms with Crippen molar-refractivity contribution in [3.05, 3.63) is 0 Å². The molecule has 3 unspecified atom stereocenters. The Morgan fingerprint density at radius 3 is 2.80 bits per heavy atom. The van der Waals surface area contributed by atoms with Crippen LogP contribution in [-0.2, 0) is 10.0 Å². The largest absolute Gasteiger partial charge is 0.314 e. The summed E-state index contributed by atoms with van der Waals surface area (Å²) in [4.78, 5) is 0. The molecule has 1 saturated heterocycles. The van der Waals surface area contributed by atoms with Crippen LogP contribution in [-0.4, -0.2) is 32.8 Å². The highest BCUT2D eigenvalue weighted by molar-refractivity contribution is 7.89. The van der Waals surface area contributed by atoms with Gasteiger partial charge in [0.25, 0.3) is 0 Å². The molecule has 2 N–H and O–H groups in total. The molecule has 0 spiro atoms. The molecule has 0 aromatic rings. The number of sulfonamides is 1. The van der Waals surface area contributed by atoms with Crippen molar-refractivity contribution < 1.29 is 8.42 Å². The van der Waals surface area contributed by atoms with Gasteiger partial charge in [0.15, 0.2) is 0 Å². The summed E-state index contributed by atoms with van der Waals surface area (Å²) in [5.41, 5.74) is 0. The molecular formula is C10H20N2O2S. The van der Waals surface area contributed by atoms with Gasteiger partial charge in [0.2, 0.25) is 10.0 Å². The van der Waals surface area contributed by atoms with Gasteiger partial charge in [0.1, 0.15) is 0 Å². The van der Waals surface area contributed by atoms with E-state index in [1.54, 1.807) is 0 Å². The molecular weight excluding hydrogens is 212 g/mol. The van der Waals surface area contributed by atoms with Crippen molar-refractivity contribution in [3.63, 3.8) is 0 Å². The van der Waals surface area contributed by atoms with E-state index in [4.69, 9.17) is 0 Å². The zero-order valence-corrected chi connectivity index (χ0v) is 10.0. The highest BCUT2D eigenvalue weighted by atomic mass is 32.2. The zero-order chi connectivity index (χ0) is 10.9. The Bertz CT molecular complexity index is 303. The Kier molecular flexibility index (Phi) is 3.33. The van der Waals surface area contributed by atoms with Crippen LogP contribution in [0.5, 0.6) is 0 Å². The number of rotatable bonds is 4. The summed E-state index contributed by atoms with van der Waals surface area (Å²) < 4.78 is 26.0. The Hall–Kier alpha value is -0.130. The predicted octanol–water partition coefficient (Wildman–Crippen LogP) is 0.456. The SMILES string of the molecule is CCCS(=O)(=O)NC1CC2CNC(C2)C1. The van der Waals surface area contributed by atoms with Crippen LogP contribution in [0.4, 0.5) is 0 Å². The lowest BCUT2D eigenvalue weighted by molar-refractivity contribution is 0.345. The van der Waals surface area contributed by atoms with E-state index in [1.165, 1.54) is 6.42 Å². The normalized spacial score (nSPS) is 35.7. The molecule has 1 aliphatic heterocycles. The third-order valence-corrected chi connectivity index (χ3v) is 4.96. The molecule has 0 amide bonds. The number of hydrogen-bond acceptors (Lipinski definition) is 3. The van der Waals surface area contributed by atoms with Crippen molar-refractivity contribution in [1.82, 2.24) is 10.0 Å². The third-order valence-electron chi connectivity index (χ3n) is 3.32. The maximum Gasteiger partial charge on any atom is 0.211 e. The van der Waals surface area contributed by atoms with E-state index >= 15 is 0 Å². The lowest BCUT2D eigenvalue weighted by Crippen LogP contribution is -2.42. The molecule has 1 saturated carbocycles. The molecule has 2 fully saturated rings. The first kappa shape index (κ1) is 11.4. The molecule has 2 rings (SSSR count). The smallest absolute Gasteiger partial charge is 0.211 e. The second-order valence-electron chi connectivity index (χ2n) is 4.81. The van der Waals surface area contributed by atoms with Crippen LogP contribution in [0.25, 0.3) is 0 Å². The van der Waals surface area contributed by atoms with Gasteiger partial charge in [-0.2, -0.15) is 0 Å². The van der Waals surface area contributed by atoms with Gasteiger partial charge in [0.05, 0.1) is 5.75 Å². The number of hydrogen-bond donors (Lipinski definition) is 2. The summed E-state index contributed by atoms with van der Waals surface area (Å²) in [6.07, 6.45) is 3.88. The minimum absolute atomic E-state index is 0.167. The van der Waals surface area contributed by atoms with Gasteiger partial charge in [-0.25, -0.2) is 13.1 Å². The fourth-order valence-corrected chi connectivity index (χ4v) is 4.14. The first-order chi connectivity index (χ1) is 7.09. The zero-order valence-electron chi connectivity index (χ0n) is 9.20. The monoisotopic (exact) mass is 232 g/mol. The van der Waals surface area contributed by atoms with Gasteiger partial charge in [-0.05, 0) is 38.1 Å². The Morgan fingerprint density at radius 1 is 1.33 bits per heavy atom. The van der Waals surface area contributed by atoms with Crippen molar-refractivity contribution in [3.8, 4) is 0 Å². The molecule has 15 heavy (non-hydrogen) atoms. The van der Waals surface area contributed by atoms with Crippen molar-refractivity contribution in [2.24, 2.45) is 5.92 Å². The van der Waals surface area contributed by atoms with Crippen molar-refractivity contribution in [2.75, 3.05) is 12.3 Å². The predicted molar refractivity (Wildman–Crippen MR) is 60.1 cm³/mol. The van der Waals surface area contributed by atoms with Gasteiger partial charge in [-0.15, -0.1) is 0 Å². The second kappa shape index (κ2) is 4.39. The summed E-state index contributed by atoms with van der Waals surface area (Å²) in [6.45, 7) is 2.96. The summed E-state index contributed by atoms with van der Waals surface area (Å²) in [5, 5.41) is 3.43. The van der Waals surface area contributed by atoms with Gasteiger partial charge >= 0.3 is 0 Å². The molecule has 4 nitrogen and oxygen atoms in total. The quantitative estimate of drug-likeness (QED) is 0.740. The van der Waals surface area contributed by atoms with Gasteiger partial charge in [-0.1, -0.05) is 6.92 Å². The standard InChI is InChI=1S/C10H20N2O2S/c1-2-3-15(13,14)12-10-5-8-4-9(6-10)11-7-8/h8-12H,2-7H2,1H3. The summed E-state index contributed by atoms with van der Waals surface area (Å²) in [7, 11) is -3.03. The minimum atomic E-state index is -3.03. The fourth-order valence-electron chi connectivity index (χ4n) is 2.78. The van der Waals surface area contributed by atoms with Crippen LogP contribution < -0.4 is 10.0 Å². The first-order valence-electron chi connectivity index (χ1n) is 5.82. The van der Waals surface area contributed by atoms with Gasteiger partial charge < -0.3 is 5.32 Å². The summed E-state index contributed by atoms with van der Waals surface area (Å²) in [6, 6.07) is 0.707. The lowest BCUT2D eigenvalue weighted by atomic mass is 9.87. The fraction of sp³-hybridized carbons (Fsp3) is 1.00. The molecule has 0 aromatic heterocycles. The van der Waals surface area contributed by atoms with E-state index < -0.39 is 10.0 Å². The highest BCUT2D eigenvalue weighted by Crippen LogP contribution is 2.29. The van der Waals surface area contributed by atoms with E-state index in [1.807, 2.05) is 6.92 Å². The van der Waals surface area contributed by atoms with E-state index in [0.717, 1.165) is 19.4 Å². The maximum absolute atomic E-state index is 11.6. The number of fused-ring (bicyclic) bond motifs is 2. The molecule has 3 atom stereocenters. The van der Waals surface area contributed by atoms with Crippen molar-refractivity contribution in [1.29, 1.82) is 0 Å². The molecule has 0 radical (unpaired) electrons. The average molecular weight is 232 g/mol. The van der Waals surface area contributed by atoms with Gasteiger partial charge in [-0.3, -0.25) is 0 Å². The van der Waals surface area contributed by atoms with Crippen LogP contribution in [0.3, 0.4) is 0 Å². The van der Waals surface area contributed by atoms with E-state index in [2.05, 4.69) is 10.0 Å². The van der Waals surface area contributed by atoms with Crippen LogP contribution in [0.2, 0.25) is 0 Å². The maximum atomic E-state index is 11.6. The summed E-state index contributed by atoms with van der Waals surface area (Å²) >= 11 is 0. The molecule has 1 aliphatic carbocycles. The van der Waals surface area contributed by atoms with E-state index in [9.17, 15) is 8.42 Å². The molecule has 2 aliphatic rings. The van der Waals surface area contributed by atoms with Crippen molar-refractivity contribution >= 4 is 10.0 Å². The minimum Gasteiger partial charge on any atom is -0.314 e. The van der Waals surface area contributed by atoms with Crippen LogP contribution in [0.15, 0.2) is 0 Å². The Balaban J connectivity index is 1.90. The molecule has 1 heterocycles. The molecule has 88 valence electrons. The van der Waals surface area contributed by atoms with E-state index in [0.29, 0.717) is 18.4 Å².